The van der Waals surface area contributed by atoms with Crippen LogP contribution in [-0.4, -0.2) is 34.2 Å². The van der Waals surface area contributed by atoms with E-state index >= 15 is 0 Å². The van der Waals surface area contributed by atoms with Crippen molar-refractivity contribution in [1.29, 1.82) is 0 Å². The summed E-state index contributed by atoms with van der Waals surface area (Å²) in [7, 11) is 0. The monoisotopic (exact) mass is 304 g/mol. The number of rotatable bonds is 5. The van der Waals surface area contributed by atoms with E-state index in [1.165, 1.54) is 0 Å². The number of carbonyl (C=O) groups excluding carboxylic acids is 1. The van der Waals surface area contributed by atoms with Crippen LogP contribution in [0.15, 0.2) is 24.3 Å². The summed E-state index contributed by atoms with van der Waals surface area (Å²) in [4.78, 5) is 19.3. The number of alkyl carbamates (subject to hydrolysis) is 1. The number of nitrogens with one attached hydrogen (secondary N) is 2. The van der Waals surface area contributed by atoms with E-state index in [2.05, 4.69) is 15.3 Å². The highest BCUT2D eigenvalue weighted by atomic mass is 16.6. The van der Waals surface area contributed by atoms with Crippen LogP contribution in [0.5, 0.6) is 0 Å². The maximum absolute atomic E-state index is 11.5. The van der Waals surface area contributed by atoms with Gasteiger partial charge in [-0.05, 0) is 39.3 Å². The molecule has 120 valence electrons. The molecule has 0 fully saturated rings. The number of hydrogen-bond donors (Lipinski definition) is 3. The number of fused-ring (bicyclic) bond motifs is 1. The number of aromatic nitrogens is 2. The van der Waals surface area contributed by atoms with Gasteiger partial charge in [0.15, 0.2) is 0 Å². The summed E-state index contributed by atoms with van der Waals surface area (Å²) < 4.78 is 5.17. The van der Waals surface area contributed by atoms with Crippen LogP contribution >= 0.6 is 0 Å². The first-order valence-electron chi connectivity index (χ1n) is 7.49. The number of para-hydroxylation sites is 2. The predicted molar refractivity (Wildman–Crippen MR) is 86.6 cm³/mol. The summed E-state index contributed by atoms with van der Waals surface area (Å²) in [6.07, 6.45) is 1.04. The van der Waals surface area contributed by atoms with Crippen LogP contribution in [0, 0.1) is 0 Å². The van der Waals surface area contributed by atoms with Gasteiger partial charge in [-0.2, -0.15) is 0 Å². The molecule has 0 aliphatic heterocycles. The van der Waals surface area contributed by atoms with Crippen molar-refractivity contribution < 1.29 is 9.53 Å². The Kier molecular flexibility index (Phi) is 5.03. The summed E-state index contributed by atoms with van der Waals surface area (Å²) in [5.74, 6) is 0.911. The van der Waals surface area contributed by atoms with Gasteiger partial charge in [0.25, 0.3) is 0 Å². The van der Waals surface area contributed by atoms with Crippen molar-refractivity contribution in [2.75, 3.05) is 6.54 Å². The third-order valence-electron chi connectivity index (χ3n) is 3.10. The van der Waals surface area contributed by atoms with Gasteiger partial charge in [0, 0.05) is 19.0 Å². The highest BCUT2D eigenvalue weighted by Gasteiger charge is 2.16. The molecular formula is C16H24N4O2. The quantitative estimate of drug-likeness (QED) is 0.790. The Labute approximate surface area is 130 Å². The second-order valence-electron chi connectivity index (χ2n) is 6.38. The maximum Gasteiger partial charge on any atom is 0.407 e. The van der Waals surface area contributed by atoms with Crippen LogP contribution in [-0.2, 0) is 11.2 Å². The van der Waals surface area contributed by atoms with Crippen LogP contribution in [0.2, 0.25) is 0 Å². The minimum Gasteiger partial charge on any atom is -0.444 e. The Morgan fingerprint density at radius 1 is 1.41 bits per heavy atom. The van der Waals surface area contributed by atoms with E-state index in [1.54, 1.807) is 0 Å². The van der Waals surface area contributed by atoms with Gasteiger partial charge in [-0.1, -0.05) is 12.1 Å². The second kappa shape index (κ2) is 6.79. The number of ether oxygens (including phenoxy) is 1. The molecule has 1 aromatic carbocycles. The number of nitrogens with zero attached hydrogens (tertiary/aromatic N) is 1. The summed E-state index contributed by atoms with van der Waals surface area (Å²) in [5, 5.41) is 2.69. The van der Waals surface area contributed by atoms with Crippen LogP contribution in [0.3, 0.4) is 0 Å². The molecule has 6 heteroatoms. The van der Waals surface area contributed by atoms with Gasteiger partial charge in [-0.3, -0.25) is 0 Å². The first kappa shape index (κ1) is 16.3. The lowest BCUT2D eigenvalue weighted by Crippen LogP contribution is -2.40. The largest absolute Gasteiger partial charge is 0.444 e. The van der Waals surface area contributed by atoms with Crippen LogP contribution < -0.4 is 11.1 Å². The second-order valence-corrected chi connectivity index (χ2v) is 6.38. The minimum atomic E-state index is -0.498. The highest BCUT2D eigenvalue weighted by molar-refractivity contribution is 5.74. The molecule has 2 aromatic rings. The van der Waals surface area contributed by atoms with Crippen LogP contribution in [0.4, 0.5) is 4.79 Å². The number of hydrogen-bond acceptors (Lipinski definition) is 4. The Morgan fingerprint density at radius 3 is 2.82 bits per heavy atom. The Bertz CT molecular complexity index is 597. The molecular weight excluding hydrogens is 280 g/mol. The van der Waals surface area contributed by atoms with E-state index in [9.17, 15) is 4.79 Å². The van der Waals surface area contributed by atoms with Crippen molar-refractivity contribution >= 4 is 17.1 Å². The summed E-state index contributed by atoms with van der Waals surface area (Å²) in [6.45, 7) is 5.87. The number of imidazole rings is 1. The van der Waals surface area contributed by atoms with E-state index in [-0.39, 0.29) is 6.04 Å². The molecule has 22 heavy (non-hydrogen) atoms. The lowest BCUT2D eigenvalue weighted by atomic mass is 10.1. The molecule has 0 radical (unpaired) electrons. The average Bonchev–Trinajstić information content (AvgIpc) is 2.84. The molecule has 0 aliphatic rings. The highest BCUT2D eigenvalue weighted by Crippen LogP contribution is 2.11. The number of benzene rings is 1. The topological polar surface area (TPSA) is 93.0 Å². The van der Waals surface area contributed by atoms with E-state index in [4.69, 9.17) is 10.5 Å². The van der Waals surface area contributed by atoms with E-state index < -0.39 is 11.7 Å². The van der Waals surface area contributed by atoms with Gasteiger partial charge in [-0.25, -0.2) is 9.78 Å². The maximum atomic E-state index is 11.5. The standard InChI is InChI=1S/C16H24N4O2/c1-16(2,3)22-15(21)18-10-11(17)8-9-14-19-12-6-4-5-7-13(12)20-14/h4-7,11H,8-10,17H2,1-3H3,(H,18,21)(H,19,20). The van der Waals surface area contributed by atoms with Gasteiger partial charge in [0.05, 0.1) is 11.0 Å². The van der Waals surface area contributed by atoms with Crippen molar-refractivity contribution in [3.63, 3.8) is 0 Å². The molecule has 1 unspecified atom stereocenters. The third kappa shape index (κ3) is 5.04. The number of carbonyl (C=O) groups is 1. The van der Waals surface area contributed by atoms with E-state index in [0.717, 1.165) is 29.7 Å². The molecule has 1 heterocycles. The summed E-state index contributed by atoms with van der Waals surface area (Å²) in [6, 6.07) is 7.76. The fraction of sp³-hybridized carbons (Fsp3) is 0.500. The Morgan fingerprint density at radius 2 is 2.14 bits per heavy atom. The smallest absolute Gasteiger partial charge is 0.407 e. The zero-order chi connectivity index (χ0) is 16.2. The third-order valence-corrected chi connectivity index (χ3v) is 3.10. The molecule has 0 saturated heterocycles. The molecule has 1 atom stereocenters. The molecule has 0 saturated carbocycles. The number of nitrogens with two attached hydrogens (primary N) is 1. The first-order valence-corrected chi connectivity index (χ1v) is 7.49. The van der Waals surface area contributed by atoms with Crippen molar-refractivity contribution in [2.45, 2.75) is 45.3 Å². The first-order chi connectivity index (χ1) is 10.3. The molecule has 1 amide bonds. The molecule has 0 aliphatic carbocycles. The molecule has 0 spiro atoms. The predicted octanol–water partition coefficient (Wildman–Crippen LogP) is 2.35. The minimum absolute atomic E-state index is 0.138. The molecule has 1 aromatic heterocycles. The lowest BCUT2D eigenvalue weighted by molar-refractivity contribution is 0.0524. The summed E-state index contributed by atoms with van der Waals surface area (Å²) in [5.41, 5.74) is 7.50. The van der Waals surface area contributed by atoms with Gasteiger partial charge in [0.1, 0.15) is 11.4 Å². The molecule has 0 bridgehead atoms. The van der Waals surface area contributed by atoms with E-state index in [1.807, 2.05) is 45.0 Å². The van der Waals surface area contributed by atoms with Crippen LogP contribution in [0.25, 0.3) is 11.0 Å². The fourth-order valence-corrected chi connectivity index (χ4v) is 2.08. The van der Waals surface area contributed by atoms with Gasteiger partial charge >= 0.3 is 6.09 Å². The SMILES string of the molecule is CC(C)(C)OC(=O)NCC(N)CCc1nc2ccccc2[nH]1. The number of H-pyrrole nitrogens is 1. The molecule has 2 rings (SSSR count). The van der Waals surface area contributed by atoms with Crippen molar-refractivity contribution in [2.24, 2.45) is 5.73 Å². The average molecular weight is 304 g/mol. The molecule has 6 nitrogen and oxygen atoms in total. The zero-order valence-electron chi connectivity index (χ0n) is 13.3. The zero-order valence-corrected chi connectivity index (χ0v) is 13.3. The van der Waals surface area contributed by atoms with E-state index in [0.29, 0.717) is 6.54 Å². The number of amides is 1. The Balaban J connectivity index is 1.75. The fourth-order valence-electron chi connectivity index (χ4n) is 2.08. The normalized spacial score (nSPS) is 13.1. The van der Waals surface area contributed by atoms with Crippen LogP contribution in [0.1, 0.15) is 33.0 Å². The molecule has 4 N–H and O–H groups in total. The van der Waals surface area contributed by atoms with Gasteiger partial charge in [0.2, 0.25) is 0 Å². The van der Waals surface area contributed by atoms with Crippen molar-refractivity contribution in [1.82, 2.24) is 15.3 Å². The summed E-state index contributed by atoms with van der Waals surface area (Å²) >= 11 is 0. The van der Waals surface area contributed by atoms with Gasteiger partial charge < -0.3 is 20.8 Å². The number of aromatic amines is 1. The lowest BCUT2D eigenvalue weighted by Gasteiger charge is -2.20. The van der Waals surface area contributed by atoms with Crippen molar-refractivity contribution in [3.8, 4) is 0 Å². The Hall–Kier alpha value is -2.08. The number of aryl methyl sites for hydroxylation is 1. The van der Waals surface area contributed by atoms with Crippen molar-refractivity contribution in [3.05, 3.63) is 30.1 Å². The van der Waals surface area contributed by atoms with Gasteiger partial charge in [-0.15, -0.1) is 0 Å².